The van der Waals surface area contributed by atoms with Crippen molar-refractivity contribution >= 4 is 16.9 Å². The predicted molar refractivity (Wildman–Crippen MR) is 71.9 cm³/mol. The van der Waals surface area contributed by atoms with Crippen LogP contribution in [-0.2, 0) is 11.2 Å². The molecule has 0 unspecified atom stereocenters. The lowest BCUT2D eigenvalue weighted by atomic mass is 10.0. The van der Waals surface area contributed by atoms with Crippen LogP contribution in [0.25, 0.3) is 10.9 Å². The van der Waals surface area contributed by atoms with E-state index in [9.17, 15) is 9.18 Å². The Bertz CT molecular complexity index is 665. The second-order valence-electron chi connectivity index (χ2n) is 4.58. The van der Waals surface area contributed by atoms with Gasteiger partial charge in [-0.2, -0.15) is 0 Å². The molecule has 1 heterocycles. The molecule has 0 N–H and O–H groups in total. The number of halogens is 1. The summed E-state index contributed by atoms with van der Waals surface area (Å²) in [4.78, 5) is 15.7. The largest absolute Gasteiger partial charge is 0.426 e. The highest BCUT2D eigenvalue weighted by molar-refractivity contribution is 5.89. The van der Waals surface area contributed by atoms with Gasteiger partial charge >= 0.3 is 5.97 Å². The van der Waals surface area contributed by atoms with Crippen LogP contribution in [0.4, 0.5) is 4.39 Å². The molecular weight excluding hydrogens is 245 g/mol. The van der Waals surface area contributed by atoms with Crippen molar-refractivity contribution < 1.29 is 13.9 Å². The van der Waals surface area contributed by atoms with E-state index in [0.717, 1.165) is 17.7 Å². The van der Waals surface area contributed by atoms with Crippen molar-refractivity contribution in [1.82, 2.24) is 4.98 Å². The van der Waals surface area contributed by atoms with Gasteiger partial charge in [0.1, 0.15) is 11.6 Å². The number of carbonyl (C=O) groups is 1. The molecule has 0 amide bonds. The normalized spacial score (nSPS) is 10.8. The molecule has 0 spiro atoms. The topological polar surface area (TPSA) is 39.2 Å². The molecule has 0 aliphatic rings. The number of esters is 1. The summed E-state index contributed by atoms with van der Waals surface area (Å²) in [5.41, 5.74) is 2.82. The van der Waals surface area contributed by atoms with Crippen LogP contribution < -0.4 is 4.74 Å². The summed E-state index contributed by atoms with van der Waals surface area (Å²) in [5.74, 6) is -0.335. The molecule has 0 aliphatic heterocycles. The Morgan fingerprint density at radius 2 is 2.05 bits per heavy atom. The number of nitrogens with zero attached hydrogens (tertiary/aromatic N) is 1. The molecule has 100 valence electrons. The van der Waals surface area contributed by atoms with Gasteiger partial charge in [0.2, 0.25) is 0 Å². The van der Waals surface area contributed by atoms with E-state index in [4.69, 9.17) is 4.74 Å². The lowest BCUT2D eigenvalue weighted by molar-refractivity contribution is -0.131. The monoisotopic (exact) mass is 261 g/mol. The second kappa shape index (κ2) is 4.96. The Balaban J connectivity index is 2.83. The van der Waals surface area contributed by atoms with Gasteiger partial charge in [0, 0.05) is 23.6 Å². The van der Waals surface area contributed by atoms with Gasteiger partial charge in [-0.05, 0) is 38.0 Å². The molecule has 2 aromatic rings. The molecule has 1 aromatic carbocycles. The number of carbonyl (C=O) groups excluding carboxylic acids is 1. The van der Waals surface area contributed by atoms with Crippen LogP contribution in [0.2, 0.25) is 0 Å². The third kappa shape index (κ3) is 2.43. The number of aryl methyl sites for hydroxylation is 2. The van der Waals surface area contributed by atoms with Crippen LogP contribution >= 0.6 is 0 Å². The van der Waals surface area contributed by atoms with Gasteiger partial charge in [0.15, 0.2) is 0 Å². The highest BCUT2D eigenvalue weighted by Gasteiger charge is 2.15. The molecular formula is C15H16FNO2. The van der Waals surface area contributed by atoms with Crippen molar-refractivity contribution in [3.63, 3.8) is 0 Å². The van der Waals surface area contributed by atoms with E-state index in [2.05, 4.69) is 4.98 Å². The van der Waals surface area contributed by atoms with Crippen molar-refractivity contribution in [1.29, 1.82) is 0 Å². The fraction of sp³-hybridized carbons (Fsp3) is 0.333. The number of ether oxygens (including phenoxy) is 1. The number of hydrogen-bond donors (Lipinski definition) is 0. The van der Waals surface area contributed by atoms with Gasteiger partial charge in [-0.1, -0.05) is 6.92 Å². The molecule has 0 bridgehead atoms. The number of rotatable bonds is 2. The minimum atomic E-state index is -0.418. The molecule has 0 saturated heterocycles. The summed E-state index contributed by atoms with van der Waals surface area (Å²) < 4.78 is 19.0. The minimum absolute atomic E-state index is 0.327. The first-order valence-corrected chi connectivity index (χ1v) is 6.21. The first-order chi connectivity index (χ1) is 8.93. The third-order valence-electron chi connectivity index (χ3n) is 3.13. The highest BCUT2D eigenvalue weighted by atomic mass is 19.1. The van der Waals surface area contributed by atoms with Gasteiger partial charge < -0.3 is 4.74 Å². The molecule has 0 radical (unpaired) electrons. The zero-order valence-corrected chi connectivity index (χ0v) is 11.5. The Kier molecular flexibility index (Phi) is 3.51. The van der Waals surface area contributed by atoms with E-state index in [0.29, 0.717) is 22.2 Å². The summed E-state index contributed by atoms with van der Waals surface area (Å²) >= 11 is 0. The average molecular weight is 261 g/mol. The smallest absolute Gasteiger partial charge is 0.308 e. The number of fused-ring (bicyclic) bond motifs is 1. The lowest BCUT2D eigenvalue weighted by Gasteiger charge is -2.13. The first-order valence-electron chi connectivity index (χ1n) is 6.21. The standard InChI is InChI=1S/C15H16FNO2/c1-5-13-9(3)15(19-10(4)18)11-7-12(16)8(2)6-14(11)17-13/h6-7H,5H2,1-4H3. The molecule has 0 saturated carbocycles. The zero-order chi connectivity index (χ0) is 14.2. The summed E-state index contributed by atoms with van der Waals surface area (Å²) in [7, 11) is 0. The summed E-state index contributed by atoms with van der Waals surface area (Å²) in [6.45, 7) is 6.84. The van der Waals surface area contributed by atoms with Crippen LogP contribution in [0.1, 0.15) is 30.7 Å². The van der Waals surface area contributed by atoms with Crippen molar-refractivity contribution in [2.75, 3.05) is 0 Å². The number of pyridine rings is 1. The molecule has 3 nitrogen and oxygen atoms in total. The lowest BCUT2D eigenvalue weighted by Crippen LogP contribution is -2.06. The van der Waals surface area contributed by atoms with E-state index in [-0.39, 0.29) is 5.82 Å². The molecule has 0 fully saturated rings. The van der Waals surface area contributed by atoms with Crippen LogP contribution in [0.5, 0.6) is 5.75 Å². The first kappa shape index (κ1) is 13.5. The number of hydrogen-bond acceptors (Lipinski definition) is 3. The van der Waals surface area contributed by atoms with E-state index in [1.54, 1.807) is 13.0 Å². The Morgan fingerprint density at radius 3 is 2.63 bits per heavy atom. The quantitative estimate of drug-likeness (QED) is 0.777. The maximum Gasteiger partial charge on any atom is 0.308 e. The Hall–Kier alpha value is -1.97. The Morgan fingerprint density at radius 1 is 1.37 bits per heavy atom. The SMILES string of the molecule is CCc1nc2cc(C)c(F)cc2c(OC(C)=O)c1C. The Labute approximate surface area is 111 Å². The van der Waals surface area contributed by atoms with Crippen LogP contribution in [0.15, 0.2) is 12.1 Å². The van der Waals surface area contributed by atoms with Gasteiger partial charge in [0.05, 0.1) is 5.52 Å². The van der Waals surface area contributed by atoms with Crippen molar-refractivity contribution in [3.05, 3.63) is 34.8 Å². The van der Waals surface area contributed by atoms with Gasteiger partial charge in [-0.25, -0.2) is 4.39 Å². The molecule has 2 rings (SSSR count). The van der Waals surface area contributed by atoms with Crippen molar-refractivity contribution in [2.45, 2.75) is 34.1 Å². The molecule has 1 aromatic heterocycles. The van der Waals surface area contributed by atoms with Crippen molar-refractivity contribution in [2.24, 2.45) is 0 Å². The van der Waals surface area contributed by atoms with E-state index in [1.807, 2.05) is 13.8 Å². The fourth-order valence-corrected chi connectivity index (χ4v) is 2.12. The summed E-state index contributed by atoms with van der Waals surface area (Å²) in [6, 6.07) is 3.05. The summed E-state index contributed by atoms with van der Waals surface area (Å²) in [6.07, 6.45) is 0.729. The van der Waals surface area contributed by atoms with E-state index in [1.165, 1.54) is 13.0 Å². The zero-order valence-electron chi connectivity index (χ0n) is 11.5. The molecule has 19 heavy (non-hydrogen) atoms. The number of benzene rings is 1. The summed E-state index contributed by atoms with van der Waals surface area (Å²) in [5, 5.41) is 0.535. The molecule has 0 aliphatic carbocycles. The van der Waals surface area contributed by atoms with Crippen LogP contribution in [0, 0.1) is 19.7 Å². The maximum absolute atomic E-state index is 13.7. The van der Waals surface area contributed by atoms with Crippen molar-refractivity contribution in [3.8, 4) is 5.75 Å². The predicted octanol–water partition coefficient (Wildman–Crippen LogP) is 3.48. The maximum atomic E-state index is 13.7. The van der Waals surface area contributed by atoms with Gasteiger partial charge in [-0.15, -0.1) is 0 Å². The van der Waals surface area contributed by atoms with E-state index >= 15 is 0 Å². The average Bonchev–Trinajstić information content (AvgIpc) is 2.34. The minimum Gasteiger partial charge on any atom is -0.426 e. The molecule has 4 heteroatoms. The molecule has 0 atom stereocenters. The fourth-order valence-electron chi connectivity index (χ4n) is 2.12. The highest BCUT2D eigenvalue weighted by Crippen LogP contribution is 2.32. The van der Waals surface area contributed by atoms with Crippen LogP contribution in [-0.4, -0.2) is 11.0 Å². The van der Waals surface area contributed by atoms with Gasteiger partial charge in [0.25, 0.3) is 0 Å². The van der Waals surface area contributed by atoms with E-state index < -0.39 is 5.97 Å². The second-order valence-corrected chi connectivity index (χ2v) is 4.58. The third-order valence-corrected chi connectivity index (χ3v) is 3.13. The van der Waals surface area contributed by atoms with Crippen LogP contribution in [0.3, 0.4) is 0 Å². The number of aromatic nitrogens is 1. The van der Waals surface area contributed by atoms with Gasteiger partial charge in [-0.3, -0.25) is 9.78 Å².